The van der Waals surface area contributed by atoms with Crippen molar-refractivity contribution < 1.29 is 9.13 Å². The summed E-state index contributed by atoms with van der Waals surface area (Å²) in [5.41, 5.74) is 0.932. The van der Waals surface area contributed by atoms with E-state index in [9.17, 15) is 4.39 Å². The first kappa shape index (κ1) is 16.4. The molecule has 0 radical (unpaired) electrons. The fourth-order valence-corrected chi connectivity index (χ4v) is 2.15. The van der Waals surface area contributed by atoms with Crippen molar-refractivity contribution in [2.24, 2.45) is 0 Å². The number of nitrogens with one attached hydrogen (secondary N) is 1. The number of rotatable bonds is 8. The fraction of sp³-hybridized carbons (Fsp3) is 0.600. The maximum atomic E-state index is 13.4. The summed E-state index contributed by atoms with van der Waals surface area (Å²) in [6, 6.07) is 5.15. The normalized spacial score (nSPS) is 14.4. The maximum absolute atomic E-state index is 13.4. The van der Waals surface area contributed by atoms with Gasteiger partial charge in [-0.05, 0) is 50.9 Å². The second kappa shape index (κ2) is 8.51. The third kappa shape index (κ3) is 5.47. The Morgan fingerprint density at radius 1 is 1.37 bits per heavy atom. The molecule has 0 heterocycles. The van der Waals surface area contributed by atoms with Crippen LogP contribution in [0.25, 0.3) is 0 Å². The Kier molecular flexibility index (Phi) is 7.36. The van der Waals surface area contributed by atoms with Crippen LogP contribution in [-0.2, 0) is 11.2 Å². The van der Waals surface area contributed by atoms with Crippen molar-refractivity contribution in [3.8, 4) is 0 Å². The Morgan fingerprint density at radius 3 is 2.68 bits per heavy atom. The van der Waals surface area contributed by atoms with Gasteiger partial charge < -0.3 is 10.1 Å². The van der Waals surface area contributed by atoms with Crippen LogP contribution in [0.3, 0.4) is 0 Å². The minimum atomic E-state index is -0.363. The lowest BCUT2D eigenvalue weighted by molar-refractivity contribution is 0.0476. The molecule has 2 unspecified atom stereocenters. The van der Waals surface area contributed by atoms with Gasteiger partial charge in [-0.1, -0.05) is 24.6 Å². The van der Waals surface area contributed by atoms with Gasteiger partial charge in [-0.25, -0.2) is 4.39 Å². The first-order valence-electron chi connectivity index (χ1n) is 6.87. The molecular formula is C15H23ClFNO. The highest BCUT2D eigenvalue weighted by Gasteiger charge is 2.17. The van der Waals surface area contributed by atoms with E-state index in [2.05, 4.69) is 12.2 Å². The lowest BCUT2D eigenvalue weighted by atomic mass is 10.0. The van der Waals surface area contributed by atoms with Crippen LogP contribution in [-0.4, -0.2) is 25.3 Å². The average molecular weight is 288 g/mol. The summed E-state index contributed by atoms with van der Waals surface area (Å²) in [5, 5.41) is 3.62. The molecule has 0 aliphatic rings. The molecule has 1 aromatic rings. The first-order chi connectivity index (χ1) is 9.08. The predicted octanol–water partition coefficient (Wildman–Crippen LogP) is 3.81. The predicted molar refractivity (Wildman–Crippen MR) is 78.3 cm³/mol. The minimum absolute atomic E-state index is 0.0929. The molecular weight excluding hydrogens is 265 g/mol. The molecule has 1 N–H and O–H groups in total. The Labute approximate surface area is 120 Å². The molecule has 0 aliphatic heterocycles. The molecule has 0 saturated heterocycles. The van der Waals surface area contributed by atoms with E-state index in [1.165, 1.54) is 6.07 Å². The highest BCUT2D eigenvalue weighted by molar-refractivity contribution is 6.30. The van der Waals surface area contributed by atoms with Gasteiger partial charge in [-0.2, -0.15) is 0 Å². The second-order valence-electron chi connectivity index (χ2n) is 4.67. The molecule has 1 rings (SSSR count). The molecule has 19 heavy (non-hydrogen) atoms. The van der Waals surface area contributed by atoms with Crippen molar-refractivity contribution in [3.05, 3.63) is 34.6 Å². The van der Waals surface area contributed by atoms with E-state index in [1.807, 2.05) is 19.9 Å². The summed E-state index contributed by atoms with van der Waals surface area (Å²) in [4.78, 5) is 0. The van der Waals surface area contributed by atoms with E-state index >= 15 is 0 Å². The van der Waals surface area contributed by atoms with E-state index in [4.69, 9.17) is 16.3 Å². The van der Waals surface area contributed by atoms with Gasteiger partial charge >= 0.3 is 0 Å². The highest BCUT2D eigenvalue weighted by atomic mass is 35.5. The van der Waals surface area contributed by atoms with Crippen molar-refractivity contribution in [1.29, 1.82) is 0 Å². The van der Waals surface area contributed by atoms with Gasteiger partial charge in [0, 0.05) is 12.6 Å². The zero-order valence-electron chi connectivity index (χ0n) is 11.9. The summed E-state index contributed by atoms with van der Waals surface area (Å²) >= 11 is 5.70. The first-order valence-corrected chi connectivity index (χ1v) is 7.25. The van der Waals surface area contributed by atoms with E-state index in [0.29, 0.717) is 6.61 Å². The standard InChI is InChI=1S/C15H23ClFNO/c1-4-8-18-15(11(3)19-5-2)10-12-6-7-13(16)14(17)9-12/h6-7,9,11,15,18H,4-5,8,10H2,1-3H3. The highest BCUT2D eigenvalue weighted by Crippen LogP contribution is 2.17. The topological polar surface area (TPSA) is 21.3 Å². The zero-order chi connectivity index (χ0) is 14.3. The van der Waals surface area contributed by atoms with Crippen molar-refractivity contribution in [3.63, 3.8) is 0 Å². The number of halogens is 2. The van der Waals surface area contributed by atoms with Crippen molar-refractivity contribution in [2.45, 2.75) is 45.8 Å². The van der Waals surface area contributed by atoms with Gasteiger partial charge in [-0.15, -0.1) is 0 Å². The van der Waals surface area contributed by atoms with Crippen molar-refractivity contribution >= 4 is 11.6 Å². The lowest BCUT2D eigenvalue weighted by Gasteiger charge is -2.25. The van der Waals surface area contributed by atoms with Crippen LogP contribution in [0.1, 0.15) is 32.8 Å². The van der Waals surface area contributed by atoms with E-state index in [1.54, 1.807) is 6.07 Å². The van der Waals surface area contributed by atoms with Crippen LogP contribution < -0.4 is 5.32 Å². The molecule has 0 bridgehead atoms. The summed E-state index contributed by atoms with van der Waals surface area (Å²) < 4.78 is 19.1. The SMILES string of the molecule is CCCNC(Cc1ccc(Cl)c(F)c1)C(C)OCC. The molecule has 0 aromatic heterocycles. The molecule has 2 atom stereocenters. The summed E-state index contributed by atoms with van der Waals surface area (Å²) in [7, 11) is 0. The molecule has 0 saturated carbocycles. The largest absolute Gasteiger partial charge is 0.377 e. The maximum Gasteiger partial charge on any atom is 0.142 e. The third-order valence-corrected chi connectivity index (χ3v) is 3.40. The minimum Gasteiger partial charge on any atom is -0.377 e. The zero-order valence-corrected chi connectivity index (χ0v) is 12.6. The molecule has 1 aromatic carbocycles. The van der Waals surface area contributed by atoms with Crippen molar-refractivity contribution in [1.82, 2.24) is 5.32 Å². The molecule has 0 spiro atoms. The van der Waals surface area contributed by atoms with Gasteiger partial charge in [0.1, 0.15) is 5.82 Å². The molecule has 0 fully saturated rings. The quantitative estimate of drug-likeness (QED) is 0.785. The van der Waals surface area contributed by atoms with Gasteiger partial charge in [-0.3, -0.25) is 0 Å². The second-order valence-corrected chi connectivity index (χ2v) is 5.08. The number of ether oxygens (including phenoxy) is 1. The van der Waals surface area contributed by atoms with Crippen LogP contribution >= 0.6 is 11.6 Å². The lowest BCUT2D eigenvalue weighted by Crippen LogP contribution is -2.42. The molecule has 4 heteroatoms. The van der Waals surface area contributed by atoms with Gasteiger partial charge in [0.15, 0.2) is 0 Å². The van der Waals surface area contributed by atoms with Crippen LogP contribution in [0.15, 0.2) is 18.2 Å². The van der Waals surface area contributed by atoms with Gasteiger partial charge in [0.25, 0.3) is 0 Å². The number of hydrogen-bond acceptors (Lipinski definition) is 2. The molecule has 0 aliphatic carbocycles. The third-order valence-electron chi connectivity index (χ3n) is 3.09. The molecule has 108 valence electrons. The van der Waals surface area contributed by atoms with E-state index in [-0.39, 0.29) is 23.0 Å². The van der Waals surface area contributed by atoms with Crippen LogP contribution in [0.2, 0.25) is 5.02 Å². The van der Waals surface area contributed by atoms with Crippen molar-refractivity contribution in [2.75, 3.05) is 13.2 Å². The molecule has 2 nitrogen and oxygen atoms in total. The van der Waals surface area contributed by atoms with Crippen LogP contribution in [0.4, 0.5) is 4.39 Å². The molecule has 0 amide bonds. The monoisotopic (exact) mass is 287 g/mol. The van der Waals surface area contributed by atoms with E-state index < -0.39 is 0 Å². The average Bonchev–Trinajstić information content (AvgIpc) is 2.39. The van der Waals surface area contributed by atoms with E-state index in [0.717, 1.165) is 24.9 Å². The fourth-order valence-electron chi connectivity index (χ4n) is 2.03. The summed E-state index contributed by atoms with van der Waals surface area (Å²) in [5.74, 6) is -0.363. The number of hydrogen-bond donors (Lipinski definition) is 1. The Morgan fingerprint density at radius 2 is 2.11 bits per heavy atom. The Bertz CT molecular complexity index is 386. The van der Waals surface area contributed by atoms with Crippen LogP contribution in [0.5, 0.6) is 0 Å². The summed E-state index contributed by atoms with van der Waals surface area (Å²) in [6.07, 6.45) is 1.88. The van der Waals surface area contributed by atoms with Crippen LogP contribution in [0, 0.1) is 5.82 Å². The Hall–Kier alpha value is -0.640. The summed E-state index contributed by atoms with van der Waals surface area (Å²) in [6.45, 7) is 7.76. The smallest absolute Gasteiger partial charge is 0.142 e. The van der Waals surface area contributed by atoms with Gasteiger partial charge in [0.2, 0.25) is 0 Å². The Balaban J connectivity index is 2.71. The number of benzene rings is 1. The van der Waals surface area contributed by atoms with Gasteiger partial charge in [0.05, 0.1) is 11.1 Å².